The van der Waals surface area contributed by atoms with E-state index in [9.17, 15) is 4.79 Å². The molecule has 0 saturated carbocycles. The van der Waals surface area contributed by atoms with Crippen LogP contribution in [0.15, 0.2) is 0 Å². The van der Waals surface area contributed by atoms with Crippen molar-refractivity contribution >= 4 is 5.78 Å². The van der Waals surface area contributed by atoms with Crippen molar-refractivity contribution in [3.8, 4) is 0 Å². The number of carbonyl (C=O) groups excluding carboxylic acids is 1. The number of hydrogen-bond acceptors (Lipinski definition) is 2. The van der Waals surface area contributed by atoms with Gasteiger partial charge < -0.3 is 5.32 Å². The van der Waals surface area contributed by atoms with Gasteiger partial charge in [0.1, 0.15) is 5.78 Å². The van der Waals surface area contributed by atoms with E-state index < -0.39 is 0 Å². The van der Waals surface area contributed by atoms with Gasteiger partial charge in [0, 0.05) is 17.9 Å². The Morgan fingerprint density at radius 3 is 2.27 bits per heavy atom. The van der Waals surface area contributed by atoms with Gasteiger partial charge in [-0.15, -0.1) is 0 Å². The summed E-state index contributed by atoms with van der Waals surface area (Å²) in [4.78, 5) is 12.5. The van der Waals surface area contributed by atoms with Gasteiger partial charge >= 0.3 is 0 Å². The molecule has 0 spiro atoms. The lowest BCUT2D eigenvalue weighted by atomic mass is 9.68. The molecule has 0 aromatic carbocycles. The number of rotatable bonds is 5. The molecule has 15 heavy (non-hydrogen) atoms. The summed E-state index contributed by atoms with van der Waals surface area (Å²) >= 11 is 0. The molecule has 1 heterocycles. The van der Waals surface area contributed by atoms with Crippen LogP contribution in [0.25, 0.3) is 0 Å². The first-order chi connectivity index (χ1) is 7.08. The van der Waals surface area contributed by atoms with Crippen LogP contribution in [0.5, 0.6) is 0 Å². The summed E-state index contributed by atoms with van der Waals surface area (Å²) in [6, 6.07) is 0. The summed E-state index contributed by atoms with van der Waals surface area (Å²) in [5, 5.41) is 3.36. The van der Waals surface area contributed by atoms with Crippen LogP contribution in [0.1, 0.15) is 47.0 Å². The standard InChI is InChI=1S/C13H25NO/c1-5-11(6-2)12(15)13(10(3)4)7-8-14-9-13/h10-11,14H,5-9H2,1-4H3. The van der Waals surface area contributed by atoms with E-state index in [4.69, 9.17) is 0 Å². The molecule has 2 heteroatoms. The zero-order valence-corrected chi connectivity index (χ0v) is 10.6. The number of Topliss-reactive ketones (excluding diaryl/α,β-unsaturated/α-hetero) is 1. The van der Waals surface area contributed by atoms with Crippen molar-refractivity contribution in [1.82, 2.24) is 5.32 Å². The van der Waals surface area contributed by atoms with Crippen molar-refractivity contribution in [2.24, 2.45) is 17.3 Å². The van der Waals surface area contributed by atoms with Gasteiger partial charge in [0.15, 0.2) is 0 Å². The molecule has 1 rings (SSSR count). The molecule has 1 aliphatic heterocycles. The highest BCUT2D eigenvalue weighted by molar-refractivity contribution is 5.87. The van der Waals surface area contributed by atoms with E-state index in [0.29, 0.717) is 11.7 Å². The average Bonchev–Trinajstić information content (AvgIpc) is 2.69. The highest BCUT2D eigenvalue weighted by Crippen LogP contribution is 2.38. The highest BCUT2D eigenvalue weighted by Gasteiger charge is 2.45. The van der Waals surface area contributed by atoms with Gasteiger partial charge in [0.2, 0.25) is 0 Å². The predicted molar refractivity (Wildman–Crippen MR) is 63.8 cm³/mol. The van der Waals surface area contributed by atoms with Gasteiger partial charge in [-0.25, -0.2) is 0 Å². The Morgan fingerprint density at radius 1 is 1.33 bits per heavy atom. The normalized spacial score (nSPS) is 26.5. The fraction of sp³-hybridized carbons (Fsp3) is 0.923. The topological polar surface area (TPSA) is 29.1 Å². The van der Waals surface area contributed by atoms with Gasteiger partial charge in [-0.2, -0.15) is 0 Å². The zero-order chi connectivity index (χ0) is 11.5. The molecule has 1 atom stereocenters. The Hall–Kier alpha value is -0.370. The molecule has 0 aromatic rings. The Kier molecular flexibility index (Phi) is 4.32. The molecule has 2 nitrogen and oxygen atoms in total. The molecular weight excluding hydrogens is 186 g/mol. The number of nitrogens with one attached hydrogen (secondary N) is 1. The van der Waals surface area contributed by atoms with Crippen LogP contribution in [0.4, 0.5) is 0 Å². The quantitative estimate of drug-likeness (QED) is 0.757. The van der Waals surface area contributed by atoms with Crippen molar-refractivity contribution in [2.45, 2.75) is 47.0 Å². The third kappa shape index (κ3) is 2.25. The molecule has 1 saturated heterocycles. The van der Waals surface area contributed by atoms with Crippen LogP contribution < -0.4 is 5.32 Å². The van der Waals surface area contributed by atoms with Crippen LogP contribution in [0.2, 0.25) is 0 Å². The number of carbonyl (C=O) groups is 1. The lowest BCUT2D eigenvalue weighted by Gasteiger charge is -2.34. The minimum Gasteiger partial charge on any atom is -0.316 e. The van der Waals surface area contributed by atoms with Crippen molar-refractivity contribution in [3.63, 3.8) is 0 Å². The van der Waals surface area contributed by atoms with E-state index in [-0.39, 0.29) is 11.3 Å². The lowest BCUT2D eigenvalue weighted by Crippen LogP contribution is -2.42. The Labute approximate surface area is 93.8 Å². The molecule has 1 aliphatic rings. The number of ketones is 1. The second-order valence-corrected chi connectivity index (χ2v) is 5.12. The molecule has 88 valence electrons. The molecule has 0 aliphatic carbocycles. The summed E-state index contributed by atoms with van der Waals surface area (Å²) in [5.74, 6) is 1.24. The third-order valence-corrected chi connectivity index (χ3v) is 4.14. The fourth-order valence-electron chi connectivity index (χ4n) is 2.76. The lowest BCUT2D eigenvalue weighted by molar-refractivity contribution is -0.134. The molecule has 1 fully saturated rings. The van der Waals surface area contributed by atoms with Gasteiger partial charge in [0.25, 0.3) is 0 Å². The molecule has 0 radical (unpaired) electrons. The van der Waals surface area contributed by atoms with Crippen LogP contribution >= 0.6 is 0 Å². The van der Waals surface area contributed by atoms with Crippen LogP contribution in [0, 0.1) is 17.3 Å². The largest absolute Gasteiger partial charge is 0.316 e. The van der Waals surface area contributed by atoms with E-state index in [0.717, 1.165) is 32.4 Å². The van der Waals surface area contributed by atoms with Crippen LogP contribution in [-0.4, -0.2) is 18.9 Å². The van der Waals surface area contributed by atoms with Gasteiger partial charge in [-0.1, -0.05) is 27.7 Å². The van der Waals surface area contributed by atoms with E-state index >= 15 is 0 Å². The fourth-order valence-corrected chi connectivity index (χ4v) is 2.76. The van der Waals surface area contributed by atoms with Crippen molar-refractivity contribution < 1.29 is 4.79 Å². The Bertz CT molecular complexity index is 213. The Morgan fingerprint density at radius 2 is 1.93 bits per heavy atom. The van der Waals surface area contributed by atoms with Crippen LogP contribution in [-0.2, 0) is 4.79 Å². The van der Waals surface area contributed by atoms with Crippen LogP contribution in [0.3, 0.4) is 0 Å². The Balaban J connectivity index is 2.85. The minimum absolute atomic E-state index is 0.0727. The van der Waals surface area contributed by atoms with Gasteiger partial charge in [-0.05, 0) is 31.7 Å². The summed E-state index contributed by atoms with van der Waals surface area (Å²) in [5.41, 5.74) is -0.0727. The SMILES string of the molecule is CCC(CC)C(=O)C1(C(C)C)CCNC1. The van der Waals surface area contributed by atoms with E-state index in [2.05, 4.69) is 33.0 Å². The first-order valence-electron chi connectivity index (χ1n) is 6.33. The molecule has 1 N–H and O–H groups in total. The summed E-state index contributed by atoms with van der Waals surface area (Å²) in [6.07, 6.45) is 3.01. The monoisotopic (exact) mass is 211 g/mol. The smallest absolute Gasteiger partial charge is 0.143 e. The predicted octanol–water partition coefficient (Wildman–Crippen LogP) is 2.63. The summed E-state index contributed by atoms with van der Waals surface area (Å²) in [7, 11) is 0. The first-order valence-corrected chi connectivity index (χ1v) is 6.33. The van der Waals surface area contributed by atoms with Crippen molar-refractivity contribution in [3.05, 3.63) is 0 Å². The molecule has 0 amide bonds. The van der Waals surface area contributed by atoms with Gasteiger partial charge in [-0.3, -0.25) is 4.79 Å². The molecule has 0 bridgehead atoms. The highest BCUT2D eigenvalue weighted by atomic mass is 16.1. The summed E-state index contributed by atoms with van der Waals surface area (Å²) in [6.45, 7) is 10.5. The van der Waals surface area contributed by atoms with Crippen molar-refractivity contribution in [1.29, 1.82) is 0 Å². The third-order valence-electron chi connectivity index (χ3n) is 4.14. The molecule has 0 aromatic heterocycles. The van der Waals surface area contributed by atoms with Crippen molar-refractivity contribution in [2.75, 3.05) is 13.1 Å². The average molecular weight is 211 g/mol. The number of hydrogen-bond donors (Lipinski definition) is 1. The van der Waals surface area contributed by atoms with E-state index in [1.54, 1.807) is 0 Å². The molecular formula is C13H25NO. The van der Waals surface area contributed by atoms with E-state index in [1.165, 1.54) is 0 Å². The maximum atomic E-state index is 12.5. The zero-order valence-electron chi connectivity index (χ0n) is 10.6. The second kappa shape index (κ2) is 5.11. The van der Waals surface area contributed by atoms with Gasteiger partial charge in [0.05, 0.1) is 0 Å². The first kappa shape index (κ1) is 12.7. The molecule has 1 unspecified atom stereocenters. The maximum Gasteiger partial charge on any atom is 0.143 e. The maximum absolute atomic E-state index is 12.5. The van der Waals surface area contributed by atoms with E-state index in [1.807, 2.05) is 0 Å². The minimum atomic E-state index is -0.0727. The second-order valence-electron chi connectivity index (χ2n) is 5.12. The summed E-state index contributed by atoms with van der Waals surface area (Å²) < 4.78 is 0.